The lowest BCUT2D eigenvalue weighted by molar-refractivity contribution is 0.604. The number of furan rings is 1. The van der Waals surface area contributed by atoms with Gasteiger partial charge in [0.2, 0.25) is 0 Å². The van der Waals surface area contributed by atoms with Crippen LogP contribution >= 0.6 is 0 Å². The number of nitrogens with one attached hydrogen (secondary N) is 1. The molecule has 2 rings (SSSR count). The van der Waals surface area contributed by atoms with E-state index in [0.717, 1.165) is 18.7 Å². The fourth-order valence-corrected chi connectivity index (χ4v) is 2.04. The van der Waals surface area contributed by atoms with E-state index in [1.807, 2.05) is 6.26 Å². The molecular weight excluding hydrogens is 210 g/mol. The Balaban J connectivity index is 2.36. The molecule has 0 amide bonds. The van der Waals surface area contributed by atoms with Crippen LogP contribution in [0.15, 0.2) is 28.9 Å². The number of rotatable bonds is 5. The molecule has 1 aromatic heterocycles. The van der Waals surface area contributed by atoms with Gasteiger partial charge in [0.25, 0.3) is 0 Å². The van der Waals surface area contributed by atoms with E-state index in [4.69, 9.17) is 4.42 Å². The van der Waals surface area contributed by atoms with E-state index < -0.39 is 0 Å². The Hall–Kier alpha value is -1.28. The fourth-order valence-electron chi connectivity index (χ4n) is 2.04. The normalized spacial score (nSPS) is 13.1. The van der Waals surface area contributed by atoms with Gasteiger partial charge < -0.3 is 9.73 Å². The minimum absolute atomic E-state index is 0.612. The summed E-state index contributed by atoms with van der Waals surface area (Å²) in [6.45, 7) is 8.48. The molecular formula is C15H21NO. The molecule has 1 unspecified atom stereocenters. The summed E-state index contributed by atoms with van der Waals surface area (Å²) in [6.07, 6.45) is 3.04. The second-order valence-electron chi connectivity index (χ2n) is 4.61. The predicted molar refractivity (Wildman–Crippen MR) is 72.3 cm³/mol. The molecule has 2 heteroatoms. The van der Waals surface area contributed by atoms with Crippen molar-refractivity contribution in [3.05, 3.63) is 35.6 Å². The molecule has 2 nitrogen and oxygen atoms in total. The van der Waals surface area contributed by atoms with Crippen LogP contribution in [0.25, 0.3) is 11.0 Å². The third-order valence-corrected chi connectivity index (χ3v) is 3.42. The SMILES string of the molecule is CCNCc1coc2ccc(C(C)CC)cc12. The van der Waals surface area contributed by atoms with Crippen molar-refractivity contribution >= 4 is 11.0 Å². The van der Waals surface area contributed by atoms with Gasteiger partial charge in [0, 0.05) is 17.5 Å². The summed E-state index contributed by atoms with van der Waals surface area (Å²) in [6, 6.07) is 6.54. The van der Waals surface area contributed by atoms with Gasteiger partial charge in [0.15, 0.2) is 0 Å². The predicted octanol–water partition coefficient (Wildman–Crippen LogP) is 4.06. The summed E-state index contributed by atoms with van der Waals surface area (Å²) in [5.41, 5.74) is 3.65. The van der Waals surface area contributed by atoms with Gasteiger partial charge in [-0.1, -0.05) is 26.8 Å². The van der Waals surface area contributed by atoms with E-state index in [9.17, 15) is 0 Å². The van der Waals surface area contributed by atoms with Crippen LogP contribution in [-0.2, 0) is 6.54 Å². The Bertz CT molecular complexity index is 487. The summed E-state index contributed by atoms with van der Waals surface area (Å²) in [5, 5.41) is 4.60. The molecule has 17 heavy (non-hydrogen) atoms. The van der Waals surface area contributed by atoms with Gasteiger partial charge in [-0.25, -0.2) is 0 Å². The molecule has 0 saturated carbocycles. The van der Waals surface area contributed by atoms with Gasteiger partial charge >= 0.3 is 0 Å². The van der Waals surface area contributed by atoms with Crippen molar-refractivity contribution in [2.45, 2.75) is 39.7 Å². The van der Waals surface area contributed by atoms with Crippen molar-refractivity contribution in [2.75, 3.05) is 6.54 Å². The average Bonchev–Trinajstić information content (AvgIpc) is 2.77. The molecule has 0 saturated heterocycles. The Morgan fingerprint density at radius 2 is 2.12 bits per heavy atom. The molecule has 1 heterocycles. The van der Waals surface area contributed by atoms with Gasteiger partial charge in [0.1, 0.15) is 5.58 Å². The van der Waals surface area contributed by atoms with Crippen molar-refractivity contribution in [2.24, 2.45) is 0 Å². The quantitative estimate of drug-likeness (QED) is 0.839. The van der Waals surface area contributed by atoms with Gasteiger partial charge in [0.05, 0.1) is 6.26 Å². The van der Waals surface area contributed by atoms with E-state index >= 15 is 0 Å². The summed E-state index contributed by atoms with van der Waals surface area (Å²) in [5.74, 6) is 0.612. The summed E-state index contributed by atoms with van der Waals surface area (Å²) < 4.78 is 5.57. The van der Waals surface area contributed by atoms with Crippen molar-refractivity contribution in [3.8, 4) is 0 Å². The van der Waals surface area contributed by atoms with E-state index in [-0.39, 0.29) is 0 Å². The largest absolute Gasteiger partial charge is 0.464 e. The van der Waals surface area contributed by atoms with Gasteiger partial charge in [-0.3, -0.25) is 0 Å². The van der Waals surface area contributed by atoms with E-state index in [0.29, 0.717) is 5.92 Å². The zero-order valence-corrected chi connectivity index (χ0v) is 10.9. The number of fused-ring (bicyclic) bond motifs is 1. The second-order valence-corrected chi connectivity index (χ2v) is 4.61. The third kappa shape index (κ3) is 2.52. The standard InChI is InChI=1S/C15H21NO/c1-4-11(3)12-6-7-15-14(8-12)13(10-17-15)9-16-5-2/h6-8,10-11,16H,4-5,9H2,1-3H3. The zero-order valence-electron chi connectivity index (χ0n) is 10.9. The topological polar surface area (TPSA) is 25.2 Å². The van der Waals surface area contributed by atoms with Crippen molar-refractivity contribution in [3.63, 3.8) is 0 Å². The average molecular weight is 231 g/mol. The molecule has 0 bridgehead atoms. The number of hydrogen-bond acceptors (Lipinski definition) is 2. The lowest BCUT2D eigenvalue weighted by atomic mass is 9.97. The van der Waals surface area contributed by atoms with Gasteiger partial charge in [-0.05, 0) is 36.6 Å². The third-order valence-electron chi connectivity index (χ3n) is 3.42. The first-order valence-corrected chi connectivity index (χ1v) is 6.47. The summed E-state index contributed by atoms with van der Waals surface area (Å²) in [7, 11) is 0. The van der Waals surface area contributed by atoms with Gasteiger partial charge in [-0.2, -0.15) is 0 Å². The Labute approximate surface area is 103 Å². The smallest absolute Gasteiger partial charge is 0.134 e. The highest BCUT2D eigenvalue weighted by atomic mass is 16.3. The Morgan fingerprint density at radius 1 is 1.29 bits per heavy atom. The number of hydrogen-bond donors (Lipinski definition) is 1. The fraction of sp³-hybridized carbons (Fsp3) is 0.467. The Morgan fingerprint density at radius 3 is 2.82 bits per heavy atom. The molecule has 0 fully saturated rings. The minimum Gasteiger partial charge on any atom is -0.464 e. The second kappa shape index (κ2) is 5.37. The molecule has 1 aromatic carbocycles. The van der Waals surface area contributed by atoms with Crippen LogP contribution in [0.4, 0.5) is 0 Å². The lowest BCUT2D eigenvalue weighted by Crippen LogP contribution is -2.11. The monoisotopic (exact) mass is 231 g/mol. The van der Waals surface area contributed by atoms with Crippen LogP contribution in [0.5, 0.6) is 0 Å². The highest BCUT2D eigenvalue weighted by molar-refractivity contribution is 5.81. The first kappa shape index (κ1) is 12.2. The molecule has 0 radical (unpaired) electrons. The van der Waals surface area contributed by atoms with Crippen LogP contribution in [0.2, 0.25) is 0 Å². The molecule has 2 aromatic rings. The van der Waals surface area contributed by atoms with Crippen LogP contribution < -0.4 is 5.32 Å². The number of benzene rings is 1. The summed E-state index contributed by atoms with van der Waals surface area (Å²) in [4.78, 5) is 0. The van der Waals surface area contributed by atoms with Crippen molar-refractivity contribution in [1.82, 2.24) is 5.32 Å². The highest BCUT2D eigenvalue weighted by Gasteiger charge is 2.09. The molecule has 1 N–H and O–H groups in total. The van der Waals surface area contributed by atoms with Crippen LogP contribution in [0.3, 0.4) is 0 Å². The Kier molecular flexibility index (Phi) is 3.85. The zero-order chi connectivity index (χ0) is 12.3. The maximum atomic E-state index is 5.57. The maximum Gasteiger partial charge on any atom is 0.134 e. The van der Waals surface area contributed by atoms with Crippen molar-refractivity contribution < 1.29 is 4.42 Å². The van der Waals surface area contributed by atoms with Crippen LogP contribution in [0, 0.1) is 0 Å². The molecule has 0 aliphatic rings. The lowest BCUT2D eigenvalue weighted by Gasteiger charge is -2.08. The van der Waals surface area contributed by atoms with Crippen LogP contribution in [0.1, 0.15) is 44.2 Å². The highest BCUT2D eigenvalue weighted by Crippen LogP contribution is 2.27. The van der Waals surface area contributed by atoms with Crippen molar-refractivity contribution in [1.29, 1.82) is 0 Å². The first-order chi connectivity index (χ1) is 8.26. The minimum atomic E-state index is 0.612. The molecule has 0 spiro atoms. The van der Waals surface area contributed by atoms with Crippen LogP contribution in [-0.4, -0.2) is 6.54 Å². The van der Waals surface area contributed by atoms with E-state index in [1.54, 1.807) is 0 Å². The molecule has 0 aliphatic heterocycles. The summed E-state index contributed by atoms with van der Waals surface area (Å²) >= 11 is 0. The first-order valence-electron chi connectivity index (χ1n) is 6.47. The molecule has 92 valence electrons. The molecule has 1 atom stereocenters. The van der Waals surface area contributed by atoms with Gasteiger partial charge in [-0.15, -0.1) is 0 Å². The van der Waals surface area contributed by atoms with E-state index in [2.05, 4.69) is 44.3 Å². The van der Waals surface area contributed by atoms with E-state index in [1.165, 1.54) is 22.9 Å². The molecule has 0 aliphatic carbocycles. The maximum absolute atomic E-state index is 5.57.